The normalized spacial score (nSPS) is 18.7. The molecule has 0 aliphatic heterocycles. The number of hydrogen-bond donors (Lipinski definition) is 1. The summed E-state index contributed by atoms with van der Waals surface area (Å²) in [6, 6.07) is 14.2. The van der Waals surface area contributed by atoms with Gasteiger partial charge in [-0.1, -0.05) is 42.5 Å². The number of fused-ring (bicyclic) bond motifs is 1. The Morgan fingerprint density at radius 2 is 1.86 bits per heavy atom. The predicted molar refractivity (Wildman–Crippen MR) is 97.7 cm³/mol. The van der Waals surface area contributed by atoms with Crippen LogP contribution in [-0.4, -0.2) is 11.2 Å². The molecule has 1 heterocycles. The number of hydrogen-bond acceptors (Lipinski definition) is 3. The Hall–Kier alpha value is -3.09. The van der Waals surface area contributed by atoms with Crippen molar-refractivity contribution in [2.75, 3.05) is 5.32 Å². The Labute approximate surface area is 158 Å². The molecule has 1 N–H and O–H groups in total. The molecule has 2 aromatic carbocycles. The minimum atomic E-state index is -4.40. The lowest BCUT2D eigenvalue weighted by atomic mass is 9.69. The SMILES string of the molecule is Fc1cccc(Nc2nc3c(o2)C=CCC3(CC(F)(F)F)c2ccccc2)c1. The Balaban J connectivity index is 1.79. The van der Waals surface area contributed by atoms with Crippen molar-refractivity contribution < 1.29 is 22.0 Å². The first kappa shape index (κ1) is 18.3. The zero-order valence-electron chi connectivity index (χ0n) is 14.6. The van der Waals surface area contributed by atoms with E-state index in [1.165, 1.54) is 18.2 Å². The molecule has 7 heteroatoms. The van der Waals surface area contributed by atoms with Gasteiger partial charge in [-0.05, 0) is 36.3 Å². The molecule has 4 rings (SSSR count). The largest absolute Gasteiger partial charge is 0.424 e. The van der Waals surface area contributed by atoms with Gasteiger partial charge in [-0.3, -0.25) is 0 Å². The first-order valence-electron chi connectivity index (χ1n) is 8.68. The minimum absolute atomic E-state index is 0.0182. The topological polar surface area (TPSA) is 38.1 Å². The lowest BCUT2D eigenvalue weighted by molar-refractivity contribution is -0.145. The summed E-state index contributed by atoms with van der Waals surface area (Å²) in [5.41, 5.74) is -0.251. The van der Waals surface area contributed by atoms with Gasteiger partial charge in [-0.2, -0.15) is 18.2 Å². The van der Waals surface area contributed by atoms with E-state index in [0.717, 1.165) is 0 Å². The monoisotopic (exact) mass is 388 g/mol. The molecular formula is C21H16F4N2O. The van der Waals surface area contributed by atoms with Crippen molar-refractivity contribution in [3.8, 4) is 0 Å². The summed E-state index contributed by atoms with van der Waals surface area (Å²) in [6.07, 6.45) is -2.02. The average molecular weight is 388 g/mol. The fourth-order valence-corrected chi connectivity index (χ4v) is 3.61. The number of aromatic nitrogens is 1. The van der Waals surface area contributed by atoms with Gasteiger partial charge in [-0.25, -0.2) is 4.39 Å². The molecule has 0 fully saturated rings. The summed E-state index contributed by atoms with van der Waals surface area (Å²) < 4.78 is 59.6. The molecule has 0 bridgehead atoms. The van der Waals surface area contributed by atoms with Gasteiger partial charge >= 0.3 is 6.18 Å². The maximum atomic E-state index is 13.5. The van der Waals surface area contributed by atoms with Crippen molar-refractivity contribution in [2.24, 2.45) is 0 Å². The van der Waals surface area contributed by atoms with Gasteiger partial charge in [0.25, 0.3) is 6.01 Å². The highest BCUT2D eigenvalue weighted by Crippen LogP contribution is 2.48. The third kappa shape index (κ3) is 3.52. The van der Waals surface area contributed by atoms with Crippen molar-refractivity contribution in [1.82, 2.24) is 4.98 Å². The van der Waals surface area contributed by atoms with Crippen LogP contribution in [0.3, 0.4) is 0 Å². The minimum Gasteiger partial charge on any atom is -0.424 e. The van der Waals surface area contributed by atoms with Crippen molar-refractivity contribution in [3.63, 3.8) is 0 Å². The van der Waals surface area contributed by atoms with Crippen LogP contribution >= 0.6 is 0 Å². The van der Waals surface area contributed by atoms with Crippen LogP contribution in [0.4, 0.5) is 29.3 Å². The molecule has 3 nitrogen and oxygen atoms in total. The number of nitrogens with zero attached hydrogens (tertiary/aromatic N) is 1. The number of halogens is 4. The Morgan fingerprint density at radius 3 is 2.57 bits per heavy atom. The molecule has 0 saturated carbocycles. The lowest BCUT2D eigenvalue weighted by Crippen LogP contribution is -2.35. The number of nitrogens with one attached hydrogen (secondary N) is 1. The second-order valence-corrected chi connectivity index (χ2v) is 6.71. The molecule has 1 atom stereocenters. The van der Waals surface area contributed by atoms with E-state index in [4.69, 9.17) is 4.42 Å². The molecule has 0 amide bonds. The van der Waals surface area contributed by atoms with Gasteiger partial charge in [0.15, 0.2) is 5.76 Å². The fourth-order valence-electron chi connectivity index (χ4n) is 3.61. The summed E-state index contributed by atoms with van der Waals surface area (Å²) >= 11 is 0. The van der Waals surface area contributed by atoms with E-state index in [9.17, 15) is 17.6 Å². The fraction of sp³-hybridized carbons (Fsp3) is 0.190. The molecule has 1 aliphatic rings. The Kier molecular flexibility index (Phi) is 4.45. The molecule has 1 aliphatic carbocycles. The van der Waals surface area contributed by atoms with Crippen molar-refractivity contribution in [3.05, 3.63) is 83.5 Å². The summed E-state index contributed by atoms with van der Waals surface area (Å²) in [6.45, 7) is 0. The van der Waals surface area contributed by atoms with E-state index in [-0.39, 0.29) is 23.9 Å². The standard InChI is InChI=1S/C21H16F4N2O/c22-15-8-4-9-16(12-15)26-19-27-18-17(28-19)10-5-11-20(18,13-21(23,24)25)14-6-2-1-3-7-14/h1-10,12H,11,13H2,(H,26,27). The van der Waals surface area contributed by atoms with Crippen LogP contribution in [0, 0.1) is 5.82 Å². The Bertz CT molecular complexity index is 1010. The van der Waals surface area contributed by atoms with Crippen molar-refractivity contribution in [2.45, 2.75) is 24.4 Å². The highest BCUT2D eigenvalue weighted by atomic mass is 19.4. The predicted octanol–water partition coefficient (Wildman–Crippen LogP) is 6.21. The van der Waals surface area contributed by atoms with Crippen LogP contribution in [-0.2, 0) is 5.41 Å². The summed E-state index contributed by atoms with van der Waals surface area (Å²) in [5.74, 6) is -0.185. The van der Waals surface area contributed by atoms with E-state index < -0.39 is 23.8 Å². The number of oxazole rings is 1. The van der Waals surface area contributed by atoms with Crippen LogP contribution in [0.1, 0.15) is 29.9 Å². The van der Waals surface area contributed by atoms with E-state index in [1.807, 2.05) is 0 Å². The van der Waals surface area contributed by atoms with Crippen LogP contribution in [0.15, 0.2) is 65.1 Å². The zero-order chi connectivity index (χ0) is 19.8. The van der Waals surface area contributed by atoms with Gasteiger partial charge in [0.05, 0.1) is 17.5 Å². The summed E-state index contributed by atoms with van der Waals surface area (Å²) in [7, 11) is 0. The third-order valence-electron chi connectivity index (χ3n) is 4.75. The second kappa shape index (κ2) is 6.82. The summed E-state index contributed by atoms with van der Waals surface area (Å²) in [4.78, 5) is 4.34. The molecule has 1 unspecified atom stereocenters. The van der Waals surface area contributed by atoms with Gasteiger partial charge in [-0.15, -0.1) is 0 Å². The Morgan fingerprint density at radius 1 is 1.07 bits per heavy atom. The third-order valence-corrected chi connectivity index (χ3v) is 4.75. The quantitative estimate of drug-likeness (QED) is 0.540. The van der Waals surface area contributed by atoms with Gasteiger partial charge < -0.3 is 9.73 Å². The highest BCUT2D eigenvalue weighted by molar-refractivity contribution is 5.60. The number of allylic oxidation sites excluding steroid dienone is 1. The first-order chi connectivity index (χ1) is 13.4. The maximum absolute atomic E-state index is 13.5. The van der Waals surface area contributed by atoms with Gasteiger partial charge in [0.1, 0.15) is 5.82 Å². The van der Waals surface area contributed by atoms with Gasteiger partial charge in [0.2, 0.25) is 0 Å². The van der Waals surface area contributed by atoms with Crippen LogP contribution in [0.5, 0.6) is 0 Å². The van der Waals surface area contributed by atoms with E-state index in [1.54, 1.807) is 48.6 Å². The van der Waals surface area contributed by atoms with Crippen molar-refractivity contribution in [1.29, 1.82) is 0 Å². The second-order valence-electron chi connectivity index (χ2n) is 6.71. The van der Waals surface area contributed by atoms with Gasteiger partial charge in [0, 0.05) is 5.69 Å². The molecule has 0 saturated heterocycles. The van der Waals surface area contributed by atoms with Crippen LogP contribution in [0.2, 0.25) is 0 Å². The molecular weight excluding hydrogens is 372 g/mol. The smallest absolute Gasteiger partial charge is 0.390 e. The lowest BCUT2D eigenvalue weighted by Gasteiger charge is -2.34. The van der Waals surface area contributed by atoms with E-state index in [0.29, 0.717) is 11.3 Å². The highest BCUT2D eigenvalue weighted by Gasteiger charge is 2.48. The molecule has 144 valence electrons. The molecule has 0 spiro atoms. The number of benzene rings is 2. The van der Waals surface area contributed by atoms with E-state index in [2.05, 4.69) is 10.3 Å². The van der Waals surface area contributed by atoms with Crippen molar-refractivity contribution >= 4 is 17.8 Å². The molecule has 28 heavy (non-hydrogen) atoms. The molecule has 0 radical (unpaired) electrons. The van der Waals surface area contributed by atoms with Crippen LogP contribution in [0.25, 0.3) is 6.08 Å². The van der Waals surface area contributed by atoms with E-state index >= 15 is 0 Å². The summed E-state index contributed by atoms with van der Waals surface area (Å²) in [5, 5.41) is 2.82. The number of rotatable bonds is 4. The average Bonchev–Trinajstić information content (AvgIpc) is 3.05. The zero-order valence-corrected chi connectivity index (χ0v) is 14.6. The maximum Gasteiger partial charge on any atom is 0.390 e. The first-order valence-corrected chi connectivity index (χ1v) is 8.68. The molecule has 3 aromatic rings. The number of anilines is 2. The number of alkyl halides is 3. The van der Waals surface area contributed by atoms with Crippen LogP contribution < -0.4 is 5.32 Å². The molecule has 1 aromatic heterocycles.